The van der Waals surface area contributed by atoms with E-state index in [9.17, 15) is 57.5 Å². The summed E-state index contributed by atoms with van der Waals surface area (Å²) in [6.07, 6.45) is -1.34. The second-order valence-corrected chi connectivity index (χ2v) is 20.9. The molecule has 3 amide bonds. The number of amides is 3. The summed E-state index contributed by atoms with van der Waals surface area (Å²) >= 11 is 0. The number of benzene rings is 2. The zero-order chi connectivity index (χ0) is 57.2. The number of Topliss-reactive ketones (excluding diaryl/α,β-unsaturated/α-hetero) is 8. The summed E-state index contributed by atoms with van der Waals surface area (Å²) < 4.78 is 22.1. The highest BCUT2D eigenvalue weighted by Gasteiger charge is 2.33. The number of esters is 1. The van der Waals surface area contributed by atoms with Crippen molar-refractivity contribution in [3.8, 4) is 11.1 Å². The molecule has 0 heterocycles. The van der Waals surface area contributed by atoms with Gasteiger partial charge in [0.15, 0.2) is 5.78 Å². The lowest BCUT2D eigenvalue weighted by Gasteiger charge is -2.24. The van der Waals surface area contributed by atoms with E-state index >= 15 is 0 Å². The van der Waals surface area contributed by atoms with Crippen LogP contribution in [0.3, 0.4) is 0 Å². The molecule has 3 rings (SSSR count). The van der Waals surface area contributed by atoms with Crippen molar-refractivity contribution in [2.75, 3.05) is 39.6 Å². The van der Waals surface area contributed by atoms with E-state index in [-0.39, 0.29) is 169 Å². The summed E-state index contributed by atoms with van der Waals surface area (Å²) in [5.41, 5.74) is 3.25. The minimum atomic E-state index is -1.22. The number of hydrogen-bond donors (Lipinski definition) is 3. The largest absolute Gasteiger partial charge is 0.458 e. The molecule has 0 aromatic heterocycles. The second kappa shape index (κ2) is 32.9. The Labute approximate surface area is 451 Å². The SMILES string of the molecule is CC(=O)CCC(CC(=O)CCC(NC(=O)COCCOCCNC(=O)CCC(CC(=O)CCC(NC(=O)OCC1c2ccccc2-c2ccccc21)C(=O)OC(C)(C)C)C(C)=O)C(=O)CC(CCC(C)=O)C(C)=O)C(C)=O. The molecule has 19 heteroatoms. The molecule has 77 heavy (non-hydrogen) atoms. The van der Waals surface area contributed by atoms with Gasteiger partial charge in [-0.2, -0.15) is 0 Å². The highest BCUT2D eigenvalue weighted by atomic mass is 16.6. The Bertz CT molecular complexity index is 2380. The summed E-state index contributed by atoms with van der Waals surface area (Å²) in [7, 11) is 0. The van der Waals surface area contributed by atoms with Crippen molar-refractivity contribution in [2.45, 2.75) is 162 Å². The number of nitrogens with one attached hydrogen (secondary N) is 3. The lowest BCUT2D eigenvalue weighted by atomic mass is 9.88. The number of hydrogen-bond acceptors (Lipinski definition) is 16. The Morgan fingerprint density at radius 3 is 1.52 bits per heavy atom. The van der Waals surface area contributed by atoms with Gasteiger partial charge < -0.3 is 44.5 Å². The van der Waals surface area contributed by atoms with E-state index in [1.165, 1.54) is 34.6 Å². The molecule has 19 nitrogen and oxygen atoms in total. The van der Waals surface area contributed by atoms with Gasteiger partial charge >= 0.3 is 12.1 Å². The molecular formula is C58H79N3O16. The summed E-state index contributed by atoms with van der Waals surface area (Å²) in [5, 5.41) is 7.85. The zero-order valence-electron chi connectivity index (χ0n) is 46.0. The molecule has 1 aliphatic carbocycles. The van der Waals surface area contributed by atoms with E-state index in [0.29, 0.717) is 0 Å². The van der Waals surface area contributed by atoms with E-state index in [4.69, 9.17) is 18.9 Å². The highest BCUT2D eigenvalue weighted by Crippen LogP contribution is 2.44. The summed E-state index contributed by atoms with van der Waals surface area (Å²) in [5.74, 6) is -6.48. The average molecular weight is 1070 g/mol. The lowest BCUT2D eigenvalue weighted by molar-refractivity contribution is -0.157. The van der Waals surface area contributed by atoms with Gasteiger partial charge in [0.2, 0.25) is 11.8 Å². The van der Waals surface area contributed by atoms with Crippen molar-refractivity contribution < 1.29 is 76.5 Å². The maximum absolute atomic E-state index is 13.4. The minimum Gasteiger partial charge on any atom is -0.458 e. The van der Waals surface area contributed by atoms with E-state index in [2.05, 4.69) is 16.0 Å². The maximum Gasteiger partial charge on any atom is 0.407 e. The van der Waals surface area contributed by atoms with Gasteiger partial charge in [-0.3, -0.25) is 38.4 Å². The fraction of sp³-hybridized carbons (Fsp3) is 0.586. The minimum absolute atomic E-state index is 0.0117. The predicted molar refractivity (Wildman–Crippen MR) is 283 cm³/mol. The van der Waals surface area contributed by atoms with Gasteiger partial charge in [0.05, 0.1) is 25.9 Å². The van der Waals surface area contributed by atoms with Crippen LogP contribution >= 0.6 is 0 Å². The Hall–Kier alpha value is -6.60. The number of ketones is 8. The van der Waals surface area contributed by atoms with Crippen molar-refractivity contribution in [3.63, 3.8) is 0 Å². The van der Waals surface area contributed by atoms with Crippen LogP contribution in [0.2, 0.25) is 0 Å². The van der Waals surface area contributed by atoms with E-state index in [1.807, 2.05) is 48.5 Å². The van der Waals surface area contributed by atoms with Gasteiger partial charge in [0, 0.05) is 81.6 Å². The van der Waals surface area contributed by atoms with Crippen molar-refractivity contribution in [2.24, 2.45) is 17.8 Å². The number of ether oxygens (including phenoxy) is 4. The number of carbonyl (C=O) groups is 12. The third kappa shape index (κ3) is 24.5. The van der Waals surface area contributed by atoms with Gasteiger partial charge in [-0.15, -0.1) is 0 Å². The molecule has 0 bridgehead atoms. The molecule has 0 saturated heterocycles. The molecule has 422 valence electrons. The van der Waals surface area contributed by atoms with Crippen LogP contribution in [-0.4, -0.2) is 127 Å². The summed E-state index contributed by atoms with van der Waals surface area (Å²) in [6, 6.07) is 13.4. The molecule has 0 saturated carbocycles. The Morgan fingerprint density at radius 2 is 1.01 bits per heavy atom. The molecule has 0 radical (unpaired) electrons. The normalized spacial score (nSPS) is 13.8. The molecule has 5 unspecified atom stereocenters. The first kappa shape index (κ1) is 64.7. The molecule has 2 aromatic carbocycles. The van der Waals surface area contributed by atoms with Crippen molar-refractivity contribution in [3.05, 3.63) is 59.7 Å². The average Bonchev–Trinajstić information content (AvgIpc) is 3.68. The standard InChI is InChI=1S/C58H79N3O16/c1-36(62)17-19-41(38(3)64)31-44(67)22-24-51(53(69)33-43(40(5)66)20-18-37(2)63)60-55(71)35-75-30-29-74-28-27-59-54(70)26-21-42(39(4)65)32-45(68)23-25-52(56(72)77-58(6,7)8)61-57(73)76-34-50-48-15-11-9-13-46(48)47-14-10-12-16-49(47)50/h9-16,41-43,50-52H,17-35H2,1-8H3,(H,59,70)(H,60,71)(H,61,73). The van der Waals surface area contributed by atoms with Crippen molar-refractivity contribution >= 4 is 70.1 Å². The van der Waals surface area contributed by atoms with E-state index in [0.717, 1.165) is 22.3 Å². The fourth-order valence-corrected chi connectivity index (χ4v) is 8.85. The molecule has 1 aliphatic rings. The third-order valence-electron chi connectivity index (χ3n) is 13.2. The summed E-state index contributed by atoms with van der Waals surface area (Å²) in [6.45, 7) is 11.5. The van der Waals surface area contributed by atoms with Crippen LogP contribution in [0.4, 0.5) is 4.79 Å². The van der Waals surface area contributed by atoms with Crippen molar-refractivity contribution in [1.82, 2.24) is 16.0 Å². The molecule has 3 N–H and O–H groups in total. The van der Waals surface area contributed by atoms with Crippen molar-refractivity contribution in [1.29, 1.82) is 0 Å². The predicted octanol–water partition coefficient (Wildman–Crippen LogP) is 6.44. The van der Waals surface area contributed by atoms with Crippen LogP contribution in [0.1, 0.15) is 156 Å². The molecule has 0 fully saturated rings. The molecule has 5 atom stereocenters. The fourth-order valence-electron chi connectivity index (χ4n) is 8.85. The van der Waals surface area contributed by atoms with Gasteiger partial charge in [-0.05, 0) is 110 Å². The summed E-state index contributed by atoms with van der Waals surface area (Å²) in [4.78, 5) is 152. The van der Waals surface area contributed by atoms with Gasteiger partial charge in [-0.25, -0.2) is 9.59 Å². The number of fused-ring (bicyclic) bond motifs is 3. The lowest BCUT2D eigenvalue weighted by Crippen LogP contribution is -2.45. The molecule has 2 aromatic rings. The Balaban J connectivity index is 1.41. The monoisotopic (exact) mass is 1070 g/mol. The Morgan fingerprint density at radius 1 is 0.532 bits per heavy atom. The van der Waals surface area contributed by atoms with Gasteiger partial charge in [0.25, 0.3) is 0 Å². The first-order valence-electron chi connectivity index (χ1n) is 26.5. The smallest absolute Gasteiger partial charge is 0.407 e. The maximum atomic E-state index is 13.4. The molecule has 0 spiro atoms. The third-order valence-corrected chi connectivity index (χ3v) is 13.2. The number of alkyl carbamates (subject to hydrolysis) is 1. The molecule has 0 aliphatic heterocycles. The quantitative estimate of drug-likeness (QED) is 0.0482. The first-order chi connectivity index (χ1) is 36.3. The second-order valence-electron chi connectivity index (χ2n) is 20.9. The van der Waals surface area contributed by atoms with Gasteiger partial charge in [-0.1, -0.05) is 48.5 Å². The number of rotatable bonds is 38. The van der Waals surface area contributed by atoms with Crippen LogP contribution in [0.25, 0.3) is 11.1 Å². The van der Waals surface area contributed by atoms with Crippen LogP contribution < -0.4 is 16.0 Å². The van der Waals surface area contributed by atoms with Crippen LogP contribution in [0, 0.1) is 17.8 Å². The number of carbonyl (C=O) groups excluding carboxylic acids is 12. The highest BCUT2D eigenvalue weighted by molar-refractivity contribution is 5.94. The molecular weight excluding hydrogens is 995 g/mol. The first-order valence-corrected chi connectivity index (χ1v) is 26.5. The van der Waals surface area contributed by atoms with E-state index < -0.39 is 65.8 Å². The van der Waals surface area contributed by atoms with Crippen LogP contribution in [0.5, 0.6) is 0 Å². The van der Waals surface area contributed by atoms with E-state index in [1.54, 1.807) is 20.8 Å². The van der Waals surface area contributed by atoms with Crippen LogP contribution in [-0.2, 0) is 71.7 Å². The topological polar surface area (TPSA) is 278 Å². The van der Waals surface area contributed by atoms with Crippen LogP contribution in [0.15, 0.2) is 48.5 Å². The zero-order valence-corrected chi connectivity index (χ0v) is 46.0. The van der Waals surface area contributed by atoms with Gasteiger partial charge in [0.1, 0.15) is 65.3 Å². The Kier molecular flexibility index (Phi) is 27.6.